The Morgan fingerprint density at radius 3 is 2.65 bits per heavy atom. The summed E-state index contributed by atoms with van der Waals surface area (Å²) in [7, 11) is 1.77. The number of hydrogen-bond acceptors (Lipinski definition) is 4. The van der Waals surface area contributed by atoms with E-state index in [-0.39, 0.29) is 17.2 Å². The Morgan fingerprint density at radius 2 is 2.00 bits per heavy atom. The molecule has 0 aliphatic heterocycles. The van der Waals surface area contributed by atoms with Crippen LogP contribution >= 0.6 is 0 Å². The molecule has 0 heterocycles. The zero-order valence-corrected chi connectivity index (χ0v) is 10.9. The number of nitrogen functional groups attached to an aromatic ring is 1. The van der Waals surface area contributed by atoms with Crippen molar-refractivity contribution in [3.8, 4) is 0 Å². The van der Waals surface area contributed by atoms with E-state index in [0.29, 0.717) is 17.8 Å². The maximum Gasteiger partial charge on any atom is 0.292 e. The van der Waals surface area contributed by atoms with Gasteiger partial charge in [-0.2, -0.15) is 0 Å². The van der Waals surface area contributed by atoms with Crippen molar-refractivity contribution in [1.82, 2.24) is 0 Å². The summed E-state index contributed by atoms with van der Waals surface area (Å²) >= 11 is 0. The van der Waals surface area contributed by atoms with Crippen LogP contribution in [0.3, 0.4) is 0 Å². The molecule has 0 aliphatic rings. The maximum atomic E-state index is 13.2. The maximum absolute atomic E-state index is 13.2. The van der Waals surface area contributed by atoms with Crippen molar-refractivity contribution in [1.29, 1.82) is 0 Å². The quantitative estimate of drug-likeness (QED) is 0.529. The van der Waals surface area contributed by atoms with Gasteiger partial charge in [0.1, 0.15) is 11.5 Å². The molecule has 2 aromatic rings. The topological polar surface area (TPSA) is 72.4 Å². The van der Waals surface area contributed by atoms with E-state index in [1.165, 1.54) is 18.2 Å². The molecule has 2 N–H and O–H groups in total. The van der Waals surface area contributed by atoms with Gasteiger partial charge in [0.2, 0.25) is 0 Å². The molecule has 2 aromatic carbocycles. The number of nitro groups is 1. The van der Waals surface area contributed by atoms with E-state index < -0.39 is 4.92 Å². The molecule has 5 nitrogen and oxygen atoms in total. The number of para-hydroxylation sites is 1. The van der Waals surface area contributed by atoms with E-state index in [2.05, 4.69) is 0 Å². The SMILES string of the molecule is CN(Cc1cccc([N+](=O)[O-])c1N)c1cccc(F)c1. The Morgan fingerprint density at radius 1 is 1.30 bits per heavy atom. The molecule has 0 atom stereocenters. The fourth-order valence-electron chi connectivity index (χ4n) is 1.96. The minimum atomic E-state index is -0.513. The Bertz CT molecular complexity index is 646. The van der Waals surface area contributed by atoms with Gasteiger partial charge in [-0.05, 0) is 18.2 Å². The van der Waals surface area contributed by atoms with Crippen molar-refractivity contribution in [2.45, 2.75) is 6.54 Å². The van der Waals surface area contributed by atoms with E-state index in [4.69, 9.17) is 5.73 Å². The number of benzene rings is 2. The van der Waals surface area contributed by atoms with Crippen LogP contribution < -0.4 is 10.6 Å². The highest BCUT2D eigenvalue weighted by molar-refractivity contribution is 5.64. The number of anilines is 2. The van der Waals surface area contributed by atoms with Crippen LogP contribution in [0, 0.1) is 15.9 Å². The van der Waals surface area contributed by atoms with E-state index in [1.807, 2.05) is 0 Å². The molecule has 0 bridgehead atoms. The molecule has 0 saturated carbocycles. The van der Waals surface area contributed by atoms with Gasteiger partial charge in [0, 0.05) is 30.9 Å². The first-order valence-electron chi connectivity index (χ1n) is 5.97. The Hall–Kier alpha value is -2.63. The largest absolute Gasteiger partial charge is 0.393 e. The highest BCUT2D eigenvalue weighted by atomic mass is 19.1. The molecule has 0 spiro atoms. The van der Waals surface area contributed by atoms with Gasteiger partial charge < -0.3 is 10.6 Å². The molecule has 0 aliphatic carbocycles. The van der Waals surface area contributed by atoms with Gasteiger partial charge in [0.25, 0.3) is 5.69 Å². The number of hydrogen-bond donors (Lipinski definition) is 1. The molecule has 0 unspecified atom stereocenters. The second-order valence-electron chi connectivity index (χ2n) is 4.44. The van der Waals surface area contributed by atoms with Crippen LogP contribution in [0.1, 0.15) is 5.56 Å². The third-order valence-electron chi connectivity index (χ3n) is 3.03. The molecule has 20 heavy (non-hydrogen) atoms. The highest BCUT2D eigenvalue weighted by Crippen LogP contribution is 2.27. The van der Waals surface area contributed by atoms with Crippen molar-refractivity contribution in [3.63, 3.8) is 0 Å². The first-order chi connectivity index (χ1) is 9.49. The highest BCUT2D eigenvalue weighted by Gasteiger charge is 2.15. The van der Waals surface area contributed by atoms with Gasteiger partial charge in [-0.3, -0.25) is 10.1 Å². The van der Waals surface area contributed by atoms with Crippen molar-refractivity contribution >= 4 is 17.1 Å². The summed E-state index contributed by atoms with van der Waals surface area (Å²) in [6.07, 6.45) is 0. The third-order valence-corrected chi connectivity index (χ3v) is 3.03. The molecule has 0 aromatic heterocycles. The minimum absolute atomic E-state index is 0.116. The second kappa shape index (κ2) is 5.56. The zero-order chi connectivity index (χ0) is 14.7. The van der Waals surface area contributed by atoms with Crippen LogP contribution in [0.2, 0.25) is 0 Å². The van der Waals surface area contributed by atoms with Gasteiger partial charge in [0.15, 0.2) is 0 Å². The molecule has 104 valence electrons. The minimum Gasteiger partial charge on any atom is -0.393 e. The van der Waals surface area contributed by atoms with Crippen LogP contribution in [0.25, 0.3) is 0 Å². The van der Waals surface area contributed by atoms with Crippen LogP contribution in [0.4, 0.5) is 21.5 Å². The molecular formula is C14H14FN3O2. The summed E-state index contributed by atoms with van der Waals surface area (Å²) in [5.41, 5.74) is 7.13. The van der Waals surface area contributed by atoms with Gasteiger partial charge in [-0.15, -0.1) is 0 Å². The van der Waals surface area contributed by atoms with E-state index in [9.17, 15) is 14.5 Å². The monoisotopic (exact) mass is 275 g/mol. The third kappa shape index (κ3) is 2.85. The summed E-state index contributed by atoms with van der Waals surface area (Å²) < 4.78 is 13.2. The fraction of sp³-hybridized carbons (Fsp3) is 0.143. The predicted molar refractivity (Wildman–Crippen MR) is 76.0 cm³/mol. The van der Waals surface area contributed by atoms with Crippen molar-refractivity contribution in [2.24, 2.45) is 0 Å². The molecular weight excluding hydrogens is 261 g/mol. The van der Waals surface area contributed by atoms with Crippen LogP contribution in [-0.2, 0) is 6.54 Å². The number of nitro benzene ring substituents is 1. The molecule has 0 saturated heterocycles. The first kappa shape index (κ1) is 13.8. The van der Waals surface area contributed by atoms with Gasteiger partial charge in [0.05, 0.1) is 4.92 Å². The average Bonchev–Trinajstić information content (AvgIpc) is 2.40. The van der Waals surface area contributed by atoms with Crippen molar-refractivity contribution in [2.75, 3.05) is 17.7 Å². The molecule has 2 rings (SSSR count). The Kier molecular flexibility index (Phi) is 3.84. The number of halogens is 1. The van der Waals surface area contributed by atoms with Crippen molar-refractivity contribution < 1.29 is 9.31 Å². The first-order valence-corrected chi connectivity index (χ1v) is 5.97. The second-order valence-corrected chi connectivity index (χ2v) is 4.44. The normalized spacial score (nSPS) is 10.3. The van der Waals surface area contributed by atoms with Gasteiger partial charge in [-0.25, -0.2) is 4.39 Å². The summed E-state index contributed by atoms with van der Waals surface area (Å²) in [6, 6.07) is 10.8. The number of nitrogens with two attached hydrogens (primary N) is 1. The standard InChI is InChI=1S/C14H14FN3O2/c1-17(12-6-3-5-11(15)8-12)9-10-4-2-7-13(14(10)16)18(19)20/h2-8H,9,16H2,1H3. The van der Waals surface area contributed by atoms with Crippen molar-refractivity contribution in [3.05, 3.63) is 64.0 Å². The van der Waals surface area contributed by atoms with Crippen LogP contribution in [-0.4, -0.2) is 12.0 Å². The molecule has 0 fully saturated rings. The summed E-state index contributed by atoms with van der Waals surface area (Å²) in [5.74, 6) is -0.332. The summed E-state index contributed by atoms with van der Waals surface area (Å²) in [6.45, 7) is 0.358. The smallest absolute Gasteiger partial charge is 0.292 e. The molecule has 0 radical (unpaired) electrons. The van der Waals surface area contributed by atoms with Gasteiger partial charge in [-0.1, -0.05) is 18.2 Å². The number of nitrogens with zero attached hydrogens (tertiary/aromatic N) is 2. The lowest BCUT2D eigenvalue weighted by Gasteiger charge is -2.20. The Labute approximate surface area is 115 Å². The lowest BCUT2D eigenvalue weighted by molar-refractivity contribution is -0.383. The van der Waals surface area contributed by atoms with E-state index in [1.54, 1.807) is 36.2 Å². The predicted octanol–water partition coefficient (Wildman–Crippen LogP) is 2.95. The van der Waals surface area contributed by atoms with E-state index in [0.717, 1.165) is 0 Å². The summed E-state index contributed by atoms with van der Waals surface area (Å²) in [4.78, 5) is 12.1. The number of rotatable bonds is 4. The average molecular weight is 275 g/mol. The molecule has 6 heteroatoms. The Balaban J connectivity index is 2.26. The summed E-state index contributed by atoms with van der Waals surface area (Å²) in [5, 5.41) is 10.8. The van der Waals surface area contributed by atoms with Crippen LogP contribution in [0.5, 0.6) is 0 Å². The molecule has 0 amide bonds. The fourth-order valence-corrected chi connectivity index (χ4v) is 1.96. The lowest BCUT2D eigenvalue weighted by atomic mass is 10.1. The van der Waals surface area contributed by atoms with E-state index >= 15 is 0 Å². The van der Waals surface area contributed by atoms with Gasteiger partial charge >= 0.3 is 0 Å². The lowest BCUT2D eigenvalue weighted by Crippen LogP contribution is -2.17. The zero-order valence-electron chi connectivity index (χ0n) is 10.9. The van der Waals surface area contributed by atoms with Crippen LogP contribution in [0.15, 0.2) is 42.5 Å².